The number of furan rings is 1. The molecule has 1 N–H and O–H groups in total. The van der Waals surface area contributed by atoms with Crippen molar-refractivity contribution in [2.24, 2.45) is 5.41 Å². The molecule has 0 aromatic carbocycles. The Morgan fingerprint density at radius 2 is 2.24 bits per heavy atom. The first-order chi connectivity index (χ1) is 9.94. The number of nitrogens with one attached hydrogen (secondary N) is 1. The summed E-state index contributed by atoms with van der Waals surface area (Å²) in [6.45, 7) is 8.87. The Labute approximate surface area is 126 Å². The van der Waals surface area contributed by atoms with Gasteiger partial charge in [0.1, 0.15) is 11.5 Å². The van der Waals surface area contributed by atoms with Crippen molar-refractivity contribution in [2.45, 2.75) is 52.6 Å². The maximum absolute atomic E-state index is 5.91. The molecule has 112 valence electrons. The van der Waals surface area contributed by atoms with Gasteiger partial charge in [0, 0.05) is 36.5 Å². The van der Waals surface area contributed by atoms with Crippen molar-refractivity contribution >= 4 is 0 Å². The lowest BCUT2D eigenvalue weighted by Gasteiger charge is -2.36. The van der Waals surface area contributed by atoms with Gasteiger partial charge in [-0.1, -0.05) is 19.9 Å². The van der Waals surface area contributed by atoms with Gasteiger partial charge in [-0.25, -0.2) is 0 Å². The maximum Gasteiger partial charge on any atom is 0.109 e. The second-order valence-electron chi connectivity index (χ2n) is 7.01. The van der Waals surface area contributed by atoms with Crippen LogP contribution in [-0.2, 0) is 6.42 Å². The monoisotopic (exact) mass is 284 g/mol. The molecule has 3 rings (SSSR count). The van der Waals surface area contributed by atoms with E-state index in [0.29, 0.717) is 6.04 Å². The normalized spacial score (nSPS) is 21.8. The molecule has 0 saturated carbocycles. The summed E-state index contributed by atoms with van der Waals surface area (Å²) in [5, 5.41) is 3.76. The van der Waals surface area contributed by atoms with Gasteiger partial charge in [-0.15, -0.1) is 0 Å². The van der Waals surface area contributed by atoms with Crippen molar-refractivity contribution in [3.63, 3.8) is 0 Å². The molecule has 0 aliphatic heterocycles. The summed E-state index contributed by atoms with van der Waals surface area (Å²) < 4.78 is 5.91. The van der Waals surface area contributed by atoms with E-state index >= 15 is 0 Å². The second kappa shape index (κ2) is 5.30. The quantitative estimate of drug-likeness (QED) is 0.910. The largest absolute Gasteiger partial charge is 0.466 e. The Kier molecular flexibility index (Phi) is 3.62. The minimum atomic E-state index is 0.267. The number of fused-ring (bicyclic) bond motifs is 1. The topological polar surface area (TPSA) is 38.1 Å². The predicted octanol–water partition coefficient (Wildman–Crippen LogP) is 4.35. The zero-order valence-corrected chi connectivity index (χ0v) is 13.3. The van der Waals surface area contributed by atoms with E-state index in [9.17, 15) is 0 Å². The highest BCUT2D eigenvalue weighted by molar-refractivity contribution is 5.29. The molecule has 0 radical (unpaired) electrons. The van der Waals surface area contributed by atoms with Crippen molar-refractivity contribution in [3.05, 3.63) is 53.2 Å². The lowest BCUT2D eigenvalue weighted by molar-refractivity contribution is 0.226. The Morgan fingerprint density at radius 1 is 1.43 bits per heavy atom. The molecule has 3 heteroatoms. The molecular weight excluding hydrogens is 260 g/mol. The lowest BCUT2D eigenvalue weighted by atomic mass is 9.74. The number of aryl methyl sites for hydroxylation is 1. The molecule has 2 aromatic rings. The van der Waals surface area contributed by atoms with E-state index in [-0.39, 0.29) is 11.5 Å². The summed E-state index contributed by atoms with van der Waals surface area (Å²) >= 11 is 0. The van der Waals surface area contributed by atoms with E-state index in [1.807, 2.05) is 25.4 Å². The van der Waals surface area contributed by atoms with Crippen molar-refractivity contribution in [1.82, 2.24) is 10.3 Å². The fraction of sp³-hybridized carbons (Fsp3) is 0.500. The average molecular weight is 284 g/mol. The van der Waals surface area contributed by atoms with Crippen LogP contribution in [0.2, 0.25) is 0 Å². The third kappa shape index (κ3) is 3.03. The van der Waals surface area contributed by atoms with Crippen LogP contribution in [0.3, 0.4) is 0 Å². The van der Waals surface area contributed by atoms with Gasteiger partial charge in [0.2, 0.25) is 0 Å². The molecular formula is C18H24N2O. The van der Waals surface area contributed by atoms with E-state index in [1.54, 1.807) is 0 Å². The van der Waals surface area contributed by atoms with Crippen LogP contribution in [0.4, 0.5) is 0 Å². The Morgan fingerprint density at radius 3 is 2.95 bits per heavy atom. The molecule has 0 saturated heterocycles. The van der Waals surface area contributed by atoms with Crippen molar-refractivity contribution in [3.8, 4) is 0 Å². The van der Waals surface area contributed by atoms with Crippen LogP contribution in [-0.4, -0.2) is 4.98 Å². The summed E-state index contributed by atoms with van der Waals surface area (Å²) in [7, 11) is 0. The van der Waals surface area contributed by atoms with Gasteiger partial charge in [0.15, 0.2) is 0 Å². The smallest absolute Gasteiger partial charge is 0.109 e. The molecule has 3 nitrogen and oxygen atoms in total. The van der Waals surface area contributed by atoms with Gasteiger partial charge >= 0.3 is 0 Å². The highest BCUT2D eigenvalue weighted by Gasteiger charge is 2.35. The van der Waals surface area contributed by atoms with Crippen LogP contribution in [0.1, 0.15) is 61.9 Å². The van der Waals surface area contributed by atoms with E-state index in [2.05, 4.69) is 43.2 Å². The number of nitrogens with zero attached hydrogens (tertiary/aromatic N) is 1. The highest BCUT2D eigenvalue weighted by Crippen LogP contribution is 2.42. The third-order valence-corrected chi connectivity index (χ3v) is 4.37. The highest BCUT2D eigenvalue weighted by atomic mass is 16.3. The van der Waals surface area contributed by atoms with Crippen LogP contribution < -0.4 is 5.32 Å². The molecule has 0 bridgehead atoms. The van der Waals surface area contributed by atoms with Gasteiger partial charge in [-0.2, -0.15) is 0 Å². The van der Waals surface area contributed by atoms with Gasteiger partial charge in [-0.3, -0.25) is 4.98 Å². The van der Waals surface area contributed by atoms with Crippen LogP contribution in [0.25, 0.3) is 0 Å². The summed E-state index contributed by atoms with van der Waals surface area (Å²) in [5.74, 6) is 2.16. The SMILES string of the molecule is Cc1cc2c(o1)CC(C)(C)CC2NC(C)c1cccnc1. The van der Waals surface area contributed by atoms with Gasteiger partial charge in [0.05, 0.1) is 0 Å². The fourth-order valence-electron chi connectivity index (χ4n) is 3.36. The first-order valence-corrected chi connectivity index (χ1v) is 7.70. The molecule has 21 heavy (non-hydrogen) atoms. The number of rotatable bonds is 3. The van der Waals surface area contributed by atoms with Gasteiger partial charge in [-0.05, 0) is 43.4 Å². The third-order valence-electron chi connectivity index (χ3n) is 4.37. The number of pyridine rings is 1. The zero-order valence-electron chi connectivity index (χ0n) is 13.3. The molecule has 2 unspecified atom stereocenters. The molecule has 2 atom stereocenters. The first kappa shape index (κ1) is 14.3. The van der Waals surface area contributed by atoms with E-state index in [4.69, 9.17) is 4.42 Å². The van der Waals surface area contributed by atoms with E-state index in [1.165, 1.54) is 11.1 Å². The summed E-state index contributed by atoms with van der Waals surface area (Å²) in [6, 6.07) is 6.93. The van der Waals surface area contributed by atoms with Crippen LogP contribution in [0.5, 0.6) is 0 Å². The number of hydrogen-bond donors (Lipinski definition) is 1. The van der Waals surface area contributed by atoms with Gasteiger partial charge < -0.3 is 9.73 Å². The minimum absolute atomic E-state index is 0.267. The van der Waals surface area contributed by atoms with Crippen molar-refractivity contribution < 1.29 is 4.42 Å². The van der Waals surface area contributed by atoms with Crippen molar-refractivity contribution in [2.75, 3.05) is 0 Å². The molecule has 1 aliphatic carbocycles. The predicted molar refractivity (Wildman–Crippen MR) is 84.1 cm³/mol. The number of aromatic nitrogens is 1. The average Bonchev–Trinajstić information content (AvgIpc) is 2.78. The van der Waals surface area contributed by atoms with E-state index in [0.717, 1.165) is 24.4 Å². The van der Waals surface area contributed by atoms with E-state index < -0.39 is 0 Å². The lowest BCUT2D eigenvalue weighted by Crippen LogP contribution is -2.34. The Bertz CT molecular complexity index is 615. The minimum Gasteiger partial charge on any atom is -0.466 e. The molecule has 2 aromatic heterocycles. The standard InChI is InChI=1S/C18H24N2O/c1-12-8-15-16(9-18(3,4)10-17(15)21-12)20-13(2)14-6-5-7-19-11-14/h5-8,11,13,16,20H,9-10H2,1-4H3. The first-order valence-electron chi connectivity index (χ1n) is 7.70. The summed E-state index contributed by atoms with van der Waals surface area (Å²) in [5.41, 5.74) is 2.83. The summed E-state index contributed by atoms with van der Waals surface area (Å²) in [4.78, 5) is 4.22. The van der Waals surface area contributed by atoms with Gasteiger partial charge in [0.25, 0.3) is 0 Å². The Hall–Kier alpha value is -1.61. The molecule has 2 heterocycles. The molecule has 0 spiro atoms. The maximum atomic E-state index is 5.91. The molecule has 1 aliphatic rings. The number of hydrogen-bond acceptors (Lipinski definition) is 3. The van der Waals surface area contributed by atoms with Crippen LogP contribution >= 0.6 is 0 Å². The van der Waals surface area contributed by atoms with Crippen LogP contribution in [0.15, 0.2) is 35.0 Å². The van der Waals surface area contributed by atoms with Crippen molar-refractivity contribution in [1.29, 1.82) is 0 Å². The Balaban J connectivity index is 1.84. The molecule has 0 amide bonds. The molecule has 0 fully saturated rings. The summed E-state index contributed by atoms with van der Waals surface area (Å²) in [6.07, 6.45) is 5.91. The van der Waals surface area contributed by atoms with Crippen LogP contribution in [0, 0.1) is 12.3 Å². The fourth-order valence-corrected chi connectivity index (χ4v) is 3.36. The second-order valence-corrected chi connectivity index (χ2v) is 7.01. The zero-order chi connectivity index (χ0) is 15.0.